The first-order chi connectivity index (χ1) is 12.5. The number of rotatable bonds is 8. The van der Waals surface area contributed by atoms with Crippen LogP contribution in [0, 0.1) is 5.82 Å². The Hall–Kier alpha value is -3.09. The van der Waals surface area contributed by atoms with Crippen LogP contribution in [0.15, 0.2) is 54.6 Å². The second-order valence-electron chi connectivity index (χ2n) is 5.52. The Morgan fingerprint density at radius 3 is 2.38 bits per heavy atom. The van der Waals surface area contributed by atoms with E-state index in [0.717, 1.165) is 5.75 Å². The van der Waals surface area contributed by atoms with Crippen molar-refractivity contribution in [3.05, 3.63) is 60.4 Å². The van der Waals surface area contributed by atoms with Gasteiger partial charge in [0.25, 0.3) is 5.91 Å². The predicted molar refractivity (Wildman–Crippen MR) is 93.9 cm³/mol. The number of hydrazine groups is 1. The molecule has 2 N–H and O–H groups in total. The first kappa shape index (κ1) is 19.2. The molecule has 0 heterocycles. The van der Waals surface area contributed by atoms with Crippen molar-refractivity contribution in [3.8, 4) is 11.5 Å². The Morgan fingerprint density at radius 1 is 1.00 bits per heavy atom. The van der Waals surface area contributed by atoms with Crippen molar-refractivity contribution in [3.63, 3.8) is 0 Å². The van der Waals surface area contributed by atoms with Crippen molar-refractivity contribution in [1.82, 2.24) is 10.9 Å². The standard InChI is InChI=1S/C19H21FN2O4/c1-14(26-17-11-9-15(20)10-12-17)19(24)22-21-18(23)8-5-13-25-16-6-3-2-4-7-16/h2-4,6-7,9-12,14H,5,8,13H2,1H3,(H,21,23)(H,22,24). The summed E-state index contributed by atoms with van der Waals surface area (Å²) < 4.78 is 23.7. The van der Waals surface area contributed by atoms with Gasteiger partial charge in [0.15, 0.2) is 6.10 Å². The Morgan fingerprint density at radius 2 is 1.69 bits per heavy atom. The second-order valence-corrected chi connectivity index (χ2v) is 5.52. The molecule has 2 aromatic rings. The third-order valence-electron chi connectivity index (χ3n) is 3.38. The molecular weight excluding hydrogens is 339 g/mol. The SMILES string of the molecule is CC(Oc1ccc(F)cc1)C(=O)NNC(=O)CCCOc1ccccc1. The molecule has 0 aromatic heterocycles. The zero-order valence-corrected chi connectivity index (χ0v) is 14.4. The van der Waals surface area contributed by atoms with E-state index in [9.17, 15) is 14.0 Å². The molecule has 2 rings (SSSR count). The number of hydrogen-bond acceptors (Lipinski definition) is 4. The van der Waals surface area contributed by atoms with Crippen molar-refractivity contribution in [2.45, 2.75) is 25.9 Å². The van der Waals surface area contributed by atoms with E-state index in [1.807, 2.05) is 30.3 Å². The van der Waals surface area contributed by atoms with E-state index in [0.29, 0.717) is 18.8 Å². The molecule has 0 radical (unpaired) electrons. The summed E-state index contributed by atoms with van der Waals surface area (Å²) in [5, 5.41) is 0. The first-order valence-corrected chi connectivity index (χ1v) is 8.23. The lowest BCUT2D eigenvalue weighted by Crippen LogP contribution is -2.47. The quantitative estimate of drug-likeness (QED) is 0.560. The zero-order chi connectivity index (χ0) is 18.8. The Labute approximate surface area is 151 Å². The maximum absolute atomic E-state index is 12.8. The molecule has 0 saturated heterocycles. The Balaban J connectivity index is 1.61. The number of hydrogen-bond donors (Lipinski definition) is 2. The highest BCUT2D eigenvalue weighted by atomic mass is 19.1. The molecule has 0 spiro atoms. The van der Waals surface area contributed by atoms with Crippen LogP contribution in [0.2, 0.25) is 0 Å². The largest absolute Gasteiger partial charge is 0.494 e. The minimum absolute atomic E-state index is 0.209. The summed E-state index contributed by atoms with van der Waals surface area (Å²) in [5.74, 6) is -0.128. The molecule has 2 aromatic carbocycles. The summed E-state index contributed by atoms with van der Waals surface area (Å²) in [5.41, 5.74) is 4.62. The smallest absolute Gasteiger partial charge is 0.279 e. The van der Waals surface area contributed by atoms with Crippen molar-refractivity contribution in [2.75, 3.05) is 6.61 Å². The molecule has 26 heavy (non-hydrogen) atoms. The molecule has 0 aliphatic heterocycles. The molecule has 2 amide bonds. The highest BCUT2D eigenvalue weighted by Gasteiger charge is 2.15. The van der Waals surface area contributed by atoms with Gasteiger partial charge in [-0.15, -0.1) is 0 Å². The van der Waals surface area contributed by atoms with Gasteiger partial charge >= 0.3 is 0 Å². The summed E-state index contributed by atoms with van der Waals surface area (Å²) in [6, 6.07) is 14.6. The highest BCUT2D eigenvalue weighted by Crippen LogP contribution is 2.13. The fraction of sp³-hybridized carbons (Fsp3) is 0.263. The lowest BCUT2D eigenvalue weighted by molar-refractivity contribution is -0.132. The number of amides is 2. The zero-order valence-electron chi connectivity index (χ0n) is 14.4. The van der Waals surface area contributed by atoms with Gasteiger partial charge in [-0.25, -0.2) is 4.39 Å². The number of nitrogens with one attached hydrogen (secondary N) is 2. The summed E-state index contributed by atoms with van der Waals surface area (Å²) in [6.07, 6.45) is -0.124. The fourth-order valence-corrected chi connectivity index (χ4v) is 2.01. The molecule has 6 nitrogen and oxygen atoms in total. The minimum Gasteiger partial charge on any atom is -0.494 e. The molecule has 1 unspecified atom stereocenters. The van der Waals surface area contributed by atoms with Crippen LogP contribution in [-0.4, -0.2) is 24.5 Å². The minimum atomic E-state index is -0.845. The van der Waals surface area contributed by atoms with Gasteiger partial charge in [-0.1, -0.05) is 18.2 Å². The van der Waals surface area contributed by atoms with E-state index < -0.39 is 17.8 Å². The molecule has 7 heteroatoms. The molecule has 0 aliphatic carbocycles. The van der Waals surface area contributed by atoms with Crippen LogP contribution in [0.4, 0.5) is 4.39 Å². The number of carbonyl (C=O) groups is 2. The Kier molecular flexibility index (Phi) is 7.42. The van der Waals surface area contributed by atoms with Crippen LogP contribution in [0.3, 0.4) is 0 Å². The maximum Gasteiger partial charge on any atom is 0.279 e. The molecule has 0 aliphatic rings. The topological polar surface area (TPSA) is 76.7 Å². The van der Waals surface area contributed by atoms with Crippen molar-refractivity contribution in [2.24, 2.45) is 0 Å². The predicted octanol–water partition coefficient (Wildman–Crippen LogP) is 2.60. The molecule has 1 atom stereocenters. The van der Waals surface area contributed by atoms with E-state index in [2.05, 4.69) is 10.9 Å². The van der Waals surface area contributed by atoms with E-state index in [1.54, 1.807) is 0 Å². The van der Waals surface area contributed by atoms with Crippen molar-refractivity contribution in [1.29, 1.82) is 0 Å². The van der Waals surface area contributed by atoms with Gasteiger partial charge in [0.1, 0.15) is 17.3 Å². The summed E-state index contributed by atoms with van der Waals surface area (Å²) >= 11 is 0. The maximum atomic E-state index is 12.8. The van der Waals surface area contributed by atoms with Gasteiger partial charge in [-0.05, 0) is 49.7 Å². The highest BCUT2D eigenvalue weighted by molar-refractivity contribution is 5.84. The molecular formula is C19H21FN2O4. The number of benzene rings is 2. The van der Waals surface area contributed by atoms with Gasteiger partial charge in [0.05, 0.1) is 6.61 Å². The van der Waals surface area contributed by atoms with Gasteiger partial charge in [-0.2, -0.15) is 0 Å². The van der Waals surface area contributed by atoms with Gasteiger partial charge < -0.3 is 9.47 Å². The summed E-state index contributed by atoms with van der Waals surface area (Å²) in [6.45, 7) is 1.92. The molecule has 0 fully saturated rings. The van der Waals surface area contributed by atoms with Crippen LogP contribution in [0.5, 0.6) is 11.5 Å². The third-order valence-corrected chi connectivity index (χ3v) is 3.38. The molecule has 0 bridgehead atoms. The number of halogens is 1. The van der Waals surface area contributed by atoms with Crippen LogP contribution < -0.4 is 20.3 Å². The van der Waals surface area contributed by atoms with Crippen LogP contribution in [-0.2, 0) is 9.59 Å². The van der Waals surface area contributed by atoms with Crippen LogP contribution in [0.25, 0.3) is 0 Å². The average Bonchev–Trinajstić information content (AvgIpc) is 2.66. The number of ether oxygens (including phenoxy) is 2. The summed E-state index contributed by atoms with van der Waals surface area (Å²) in [7, 11) is 0. The lowest BCUT2D eigenvalue weighted by atomic mass is 10.3. The first-order valence-electron chi connectivity index (χ1n) is 8.23. The fourth-order valence-electron chi connectivity index (χ4n) is 2.01. The Bertz CT molecular complexity index is 707. The van der Waals surface area contributed by atoms with E-state index >= 15 is 0 Å². The van der Waals surface area contributed by atoms with E-state index in [1.165, 1.54) is 31.2 Å². The second kappa shape index (κ2) is 10.0. The number of para-hydroxylation sites is 1. The monoisotopic (exact) mass is 360 g/mol. The average molecular weight is 360 g/mol. The summed E-state index contributed by atoms with van der Waals surface area (Å²) in [4.78, 5) is 23.6. The normalized spacial score (nSPS) is 11.3. The van der Waals surface area contributed by atoms with Crippen LogP contribution >= 0.6 is 0 Å². The van der Waals surface area contributed by atoms with Crippen molar-refractivity contribution < 1.29 is 23.5 Å². The third kappa shape index (κ3) is 6.80. The van der Waals surface area contributed by atoms with E-state index in [4.69, 9.17) is 9.47 Å². The molecule has 138 valence electrons. The lowest BCUT2D eigenvalue weighted by Gasteiger charge is -2.15. The number of carbonyl (C=O) groups excluding carboxylic acids is 2. The van der Waals surface area contributed by atoms with E-state index in [-0.39, 0.29) is 12.3 Å². The molecule has 0 saturated carbocycles. The van der Waals surface area contributed by atoms with Gasteiger partial charge in [0.2, 0.25) is 5.91 Å². The van der Waals surface area contributed by atoms with Crippen molar-refractivity contribution >= 4 is 11.8 Å². The van der Waals surface area contributed by atoms with Gasteiger partial charge in [0, 0.05) is 6.42 Å². The van der Waals surface area contributed by atoms with Crippen LogP contribution in [0.1, 0.15) is 19.8 Å². The van der Waals surface area contributed by atoms with Gasteiger partial charge in [-0.3, -0.25) is 20.4 Å².